The molecule has 4 aliphatic rings. The molecular weight excluding hydrogens is 474 g/mol. The van der Waals surface area contributed by atoms with Crippen molar-refractivity contribution in [3.05, 3.63) is 58.9 Å². The molecule has 37 heavy (non-hydrogen) atoms. The van der Waals surface area contributed by atoms with Gasteiger partial charge in [0.05, 0.1) is 0 Å². The van der Waals surface area contributed by atoms with Gasteiger partial charge in [0.2, 0.25) is 11.5 Å². The fourth-order valence-corrected chi connectivity index (χ4v) is 5.98. The molecule has 2 aliphatic carbocycles. The van der Waals surface area contributed by atoms with Crippen molar-refractivity contribution >= 4 is 29.6 Å². The minimum Gasteiger partial charge on any atom is -0.427 e. The van der Waals surface area contributed by atoms with Crippen LogP contribution in [-0.4, -0.2) is 58.4 Å². The van der Waals surface area contributed by atoms with E-state index in [9.17, 15) is 19.2 Å². The largest absolute Gasteiger partial charge is 0.427 e. The zero-order valence-corrected chi connectivity index (χ0v) is 20.7. The summed E-state index contributed by atoms with van der Waals surface area (Å²) in [7, 11) is 1.53. The fourth-order valence-electron chi connectivity index (χ4n) is 5.98. The molecule has 1 unspecified atom stereocenters. The number of hydrogen-bond acceptors (Lipinski definition) is 6. The standard InChI is InChI=1S/C27H29N5O5/c1-28-25(35)30-19-6-7-20-17(13-19)10-11-27(20)24(34)32(26(36)37-27)15-23(33)31-14-18-3-2-12-29-21(18)8-9-22(31)16-4-5-16/h2-3,6-7,12-13,16,22H,4-5,8-11,14-15H2,1H3,(H2,28,30,35)/t22?,27-/m0/s1. The molecule has 2 fully saturated rings. The number of imide groups is 1. The molecular formula is C27H29N5O5. The quantitative estimate of drug-likeness (QED) is 0.662. The Morgan fingerprint density at radius 2 is 1.97 bits per heavy atom. The van der Waals surface area contributed by atoms with Crippen LogP contribution in [-0.2, 0) is 39.3 Å². The molecule has 2 N–H and O–H groups in total. The van der Waals surface area contributed by atoms with E-state index in [1.54, 1.807) is 24.4 Å². The summed E-state index contributed by atoms with van der Waals surface area (Å²) in [5.74, 6) is -0.305. The van der Waals surface area contributed by atoms with Gasteiger partial charge in [-0.05, 0) is 67.3 Å². The molecule has 3 heterocycles. The normalized spacial score (nSPS) is 24.4. The van der Waals surface area contributed by atoms with Crippen molar-refractivity contribution in [3.8, 4) is 0 Å². The number of amides is 5. The molecule has 2 aliphatic heterocycles. The zero-order chi connectivity index (χ0) is 25.7. The number of aromatic nitrogens is 1. The maximum absolute atomic E-state index is 13.6. The van der Waals surface area contributed by atoms with Crippen molar-refractivity contribution in [3.63, 3.8) is 0 Å². The van der Waals surface area contributed by atoms with Gasteiger partial charge in [-0.15, -0.1) is 0 Å². The van der Waals surface area contributed by atoms with Crippen molar-refractivity contribution in [2.24, 2.45) is 5.92 Å². The molecule has 1 saturated carbocycles. The lowest BCUT2D eigenvalue weighted by atomic mass is 9.94. The summed E-state index contributed by atoms with van der Waals surface area (Å²) in [5.41, 5.74) is 2.61. The van der Waals surface area contributed by atoms with Crippen molar-refractivity contribution in [2.75, 3.05) is 18.9 Å². The molecule has 1 saturated heterocycles. The molecule has 5 amide bonds. The van der Waals surface area contributed by atoms with E-state index in [4.69, 9.17) is 4.74 Å². The number of anilines is 1. The molecule has 0 radical (unpaired) electrons. The molecule has 2 atom stereocenters. The van der Waals surface area contributed by atoms with Crippen LogP contribution in [0.3, 0.4) is 0 Å². The Morgan fingerprint density at radius 3 is 2.76 bits per heavy atom. The number of aryl methyl sites for hydroxylation is 2. The summed E-state index contributed by atoms with van der Waals surface area (Å²) < 4.78 is 5.72. The average molecular weight is 504 g/mol. The number of pyridine rings is 1. The number of urea groups is 1. The summed E-state index contributed by atoms with van der Waals surface area (Å²) >= 11 is 0. The molecule has 0 bridgehead atoms. The lowest BCUT2D eigenvalue weighted by molar-refractivity contribution is -0.143. The second-order valence-corrected chi connectivity index (χ2v) is 10.2. The Hall–Kier alpha value is -3.95. The number of benzene rings is 1. The summed E-state index contributed by atoms with van der Waals surface area (Å²) in [6, 6.07) is 8.77. The van der Waals surface area contributed by atoms with Crippen LogP contribution in [0.4, 0.5) is 15.3 Å². The van der Waals surface area contributed by atoms with Crippen LogP contribution in [0.25, 0.3) is 0 Å². The number of carbonyl (C=O) groups excluding carboxylic acids is 4. The molecule has 1 aromatic carbocycles. The smallest absolute Gasteiger partial charge is 0.418 e. The highest BCUT2D eigenvalue weighted by Gasteiger charge is 2.58. The van der Waals surface area contributed by atoms with Crippen molar-refractivity contribution in [2.45, 2.75) is 56.7 Å². The average Bonchev–Trinajstić information content (AvgIpc) is 3.66. The van der Waals surface area contributed by atoms with Crippen LogP contribution in [0.2, 0.25) is 0 Å². The van der Waals surface area contributed by atoms with Gasteiger partial charge in [0.1, 0.15) is 6.54 Å². The van der Waals surface area contributed by atoms with E-state index in [0.29, 0.717) is 36.6 Å². The van der Waals surface area contributed by atoms with E-state index in [-0.39, 0.29) is 24.5 Å². The fraction of sp³-hybridized carbons (Fsp3) is 0.444. The maximum Gasteiger partial charge on any atom is 0.418 e. The van der Waals surface area contributed by atoms with Gasteiger partial charge in [-0.3, -0.25) is 14.6 Å². The van der Waals surface area contributed by atoms with Crippen LogP contribution in [0.5, 0.6) is 0 Å². The number of ether oxygens (including phenoxy) is 1. The second kappa shape index (κ2) is 8.86. The van der Waals surface area contributed by atoms with E-state index in [2.05, 4.69) is 15.6 Å². The first kappa shape index (κ1) is 23.4. The van der Waals surface area contributed by atoms with E-state index < -0.39 is 17.6 Å². The van der Waals surface area contributed by atoms with Crippen molar-refractivity contribution in [1.29, 1.82) is 0 Å². The van der Waals surface area contributed by atoms with E-state index >= 15 is 0 Å². The van der Waals surface area contributed by atoms with E-state index in [1.807, 2.05) is 17.0 Å². The minimum absolute atomic E-state index is 0.0721. The lowest BCUT2D eigenvalue weighted by Gasteiger charge is -2.31. The number of rotatable bonds is 4. The molecule has 1 spiro atoms. The topological polar surface area (TPSA) is 121 Å². The predicted molar refractivity (Wildman–Crippen MR) is 132 cm³/mol. The van der Waals surface area contributed by atoms with Crippen molar-refractivity contribution < 1.29 is 23.9 Å². The first-order valence-corrected chi connectivity index (χ1v) is 12.8. The Labute approximate surface area is 214 Å². The van der Waals surface area contributed by atoms with Crippen LogP contribution >= 0.6 is 0 Å². The third kappa shape index (κ3) is 4.00. The number of nitrogens with zero attached hydrogens (tertiary/aromatic N) is 3. The van der Waals surface area contributed by atoms with Crippen LogP contribution < -0.4 is 10.6 Å². The van der Waals surface area contributed by atoms with Gasteiger partial charge < -0.3 is 20.3 Å². The lowest BCUT2D eigenvalue weighted by Crippen LogP contribution is -2.48. The number of nitrogens with one attached hydrogen (secondary N) is 2. The van der Waals surface area contributed by atoms with Crippen LogP contribution in [0, 0.1) is 5.92 Å². The molecule has 10 nitrogen and oxygen atoms in total. The molecule has 6 rings (SSSR count). The number of fused-ring (bicyclic) bond motifs is 3. The van der Waals surface area contributed by atoms with Gasteiger partial charge in [0, 0.05) is 49.2 Å². The van der Waals surface area contributed by atoms with E-state index in [1.165, 1.54) is 7.05 Å². The Balaban J connectivity index is 1.23. The summed E-state index contributed by atoms with van der Waals surface area (Å²) in [5, 5.41) is 5.21. The Morgan fingerprint density at radius 1 is 1.14 bits per heavy atom. The predicted octanol–water partition coefficient (Wildman–Crippen LogP) is 2.71. The second-order valence-electron chi connectivity index (χ2n) is 10.2. The van der Waals surface area contributed by atoms with Crippen molar-refractivity contribution in [1.82, 2.24) is 20.1 Å². The van der Waals surface area contributed by atoms with Gasteiger partial charge in [0.25, 0.3) is 5.91 Å². The molecule has 2 aromatic rings. The minimum atomic E-state index is -1.43. The number of carbonyl (C=O) groups is 4. The Kier molecular flexibility index (Phi) is 5.62. The first-order chi connectivity index (χ1) is 17.9. The molecule has 1 aromatic heterocycles. The van der Waals surface area contributed by atoms with Gasteiger partial charge >= 0.3 is 12.1 Å². The highest BCUT2D eigenvalue weighted by molar-refractivity contribution is 6.06. The highest BCUT2D eigenvalue weighted by Crippen LogP contribution is 2.46. The Bertz CT molecular complexity index is 1310. The van der Waals surface area contributed by atoms with Gasteiger partial charge in [-0.2, -0.15) is 0 Å². The highest BCUT2D eigenvalue weighted by atomic mass is 16.6. The first-order valence-electron chi connectivity index (χ1n) is 12.8. The third-order valence-electron chi connectivity index (χ3n) is 8.03. The summed E-state index contributed by atoms with van der Waals surface area (Å²) in [6.45, 7) is 0.0826. The monoisotopic (exact) mass is 503 g/mol. The van der Waals surface area contributed by atoms with Gasteiger partial charge in [-0.25, -0.2) is 14.5 Å². The molecule has 192 valence electrons. The van der Waals surface area contributed by atoms with Gasteiger partial charge in [0.15, 0.2) is 0 Å². The molecule has 10 heteroatoms. The van der Waals surface area contributed by atoms with E-state index in [0.717, 1.165) is 47.4 Å². The maximum atomic E-state index is 13.6. The van der Waals surface area contributed by atoms with Crippen LogP contribution in [0.1, 0.15) is 48.1 Å². The summed E-state index contributed by atoms with van der Waals surface area (Å²) in [6.07, 6.45) is 5.59. The third-order valence-corrected chi connectivity index (χ3v) is 8.03. The number of hydrogen-bond donors (Lipinski definition) is 2. The zero-order valence-electron chi connectivity index (χ0n) is 20.7. The van der Waals surface area contributed by atoms with Gasteiger partial charge in [-0.1, -0.05) is 12.1 Å². The summed E-state index contributed by atoms with van der Waals surface area (Å²) in [4.78, 5) is 59.2. The van der Waals surface area contributed by atoms with Crippen LogP contribution in [0.15, 0.2) is 36.5 Å². The SMILES string of the molecule is CNC(=O)Nc1ccc2c(c1)CC[C@]21OC(=O)N(CC(=O)N2Cc3cccnc3CCC2C2CC2)C1=O.